The van der Waals surface area contributed by atoms with Crippen LogP contribution in [0, 0.1) is 11.6 Å². The molecule has 0 bridgehead atoms. The van der Waals surface area contributed by atoms with Gasteiger partial charge in [-0.15, -0.1) is 11.3 Å². The molecule has 4 nitrogen and oxygen atoms in total. The first-order valence-electron chi connectivity index (χ1n) is 5.88. The highest BCUT2D eigenvalue weighted by Gasteiger charge is 2.07. The Morgan fingerprint density at radius 1 is 1.24 bits per heavy atom. The van der Waals surface area contributed by atoms with E-state index in [1.165, 1.54) is 17.4 Å². The Morgan fingerprint density at radius 3 is 2.71 bits per heavy atom. The summed E-state index contributed by atoms with van der Waals surface area (Å²) in [5, 5.41) is 4.39. The summed E-state index contributed by atoms with van der Waals surface area (Å²) in [5.74, 6) is -1.73. The summed E-state index contributed by atoms with van der Waals surface area (Å²) in [5.41, 5.74) is 4.85. The fourth-order valence-electron chi connectivity index (χ4n) is 1.49. The number of carbonyl (C=O) groups is 1. The molecule has 0 fully saturated rings. The van der Waals surface area contributed by atoms with Crippen LogP contribution < -0.4 is 16.2 Å². The molecule has 2 rings (SSSR count). The number of hydrazine groups is 1. The van der Waals surface area contributed by atoms with Gasteiger partial charge in [0.1, 0.15) is 11.6 Å². The van der Waals surface area contributed by atoms with Crippen LogP contribution in [0.2, 0.25) is 0 Å². The van der Waals surface area contributed by atoms with Gasteiger partial charge in [-0.05, 0) is 35.8 Å². The number of anilines is 1. The lowest BCUT2D eigenvalue weighted by atomic mass is 10.3. The summed E-state index contributed by atoms with van der Waals surface area (Å²) >= 11 is 6.37. The van der Waals surface area contributed by atoms with Gasteiger partial charge in [0.15, 0.2) is 5.11 Å². The van der Waals surface area contributed by atoms with Gasteiger partial charge in [-0.25, -0.2) is 8.78 Å². The molecule has 2 aromatic rings. The van der Waals surface area contributed by atoms with Crippen molar-refractivity contribution in [1.82, 2.24) is 10.9 Å². The topological polar surface area (TPSA) is 53.2 Å². The molecule has 110 valence electrons. The molecule has 1 amide bonds. The summed E-state index contributed by atoms with van der Waals surface area (Å²) < 4.78 is 26.1. The first-order chi connectivity index (χ1) is 10.0. The van der Waals surface area contributed by atoms with Crippen molar-refractivity contribution in [2.24, 2.45) is 0 Å². The highest BCUT2D eigenvalue weighted by Crippen LogP contribution is 2.14. The van der Waals surface area contributed by atoms with E-state index < -0.39 is 11.6 Å². The van der Waals surface area contributed by atoms with Crippen molar-refractivity contribution >= 4 is 40.3 Å². The standard InChI is InChI=1S/C13H11F2N3OS2/c14-8-3-4-11(10(15)6-8)16-13(20)18-17-12(19)7-9-2-1-5-21-9/h1-6H,7H2,(H,17,19)(H2,16,18,20). The second-order valence-corrected chi connectivity index (χ2v) is 5.45. The third kappa shape index (κ3) is 4.76. The first-order valence-corrected chi connectivity index (χ1v) is 7.16. The van der Waals surface area contributed by atoms with Gasteiger partial charge in [-0.3, -0.25) is 15.6 Å². The summed E-state index contributed by atoms with van der Waals surface area (Å²) in [6.07, 6.45) is 0.220. The average Bonchev–Trinajstić information content (AvgIpc) is 2.92. The van der Waals surface area contributed by atoms with Crippen LogP contribution in [-0.4, -0.2) is 11.0 Å². The molecule has 0 saturated heterocycles. The molecular formula is C13H11F2N3OS2. The van der Waals surface area contributed by atoms with E-state index in [2.05, 4.69) is 16.2 Å². The molecule has 0 aliphatic heterocycles. The maximum Gasteiger partial charge on any atom is 0.243 e. The molecule has 0 aliphatic rings. The van der Waals surface area contributed by atoms with Crippen molar-refractivity contribution in [2.75, 3.05) is 5.32 Å². The number of hydrogen-bond acceptors (Lipinski definition) is 3. The monoisotopic (exact) mass is 327 g/mol. The number of amides is 1. The van der Waals surface area contributed by atoms with Crippen molar-refractivity contribution in [3.8, 4) is 0 Å². The lowest BCUT2D eigenvalue weighted by molar-refractivity contribution is -0.120. The largest absolute Gasteiger partial charge is 0.329 e. The molecule has 0 atom stereocenters. The molecule has 0 unspecified atom stereocenters. The summed E-state index contributed by atoms with van der Waals surface area (Å²) in [6, 6.07) is 6.74. The van der Waals surface area contributed by atoms with Crippen LogP contribution in [0.15, 0.2) is 35.7 Å². The van der Waals surface area contributed by atoms with E-state index in [9.17, 15) is 13.6 Å². The quantitative estimate of drug-likeness (QED) is 0.599. The number of carbonyl (C=O) groups excluding carboxylic acids is 1. The highest BCUT2D eigenvalue weighted by atomic mass is 32.1. The van der Waals surface area contributed by atoms with Gasteiger partial charge >= 0.3 is 0 Å². The van der Waals surface area contributed by atoms with Crippen molar-refractivity contribution < 1.29 is 13.6 Å². The molecule has 1 heterocycles. The van der Waals surface area contributed by atoms with E-state index >= 15 is 0 Å². The van der Waals surface area contributed by atoms with Gasteiger partial charge in [0.25, 0.3) is 0 Å². The molecule has 0 radical (unpaired) electrons. The van der Waals surface area contributed by atoms with Gasteiger partial charge < -0.3 is 5.32 Å². The average molecular weight is 327 g/mol. The molecular weight excluding hydrogens is 316 g/mol. The Labute approximate surface area is 129 Å². The predicted molar refractivity (Wildman–Crippen MR) is 81.9 cm³/mol. The third-order valence-corrected chi connectivity index (χ3v) is 3.49. The van der Waals surface area contributed by atoms with Crippen LogP contribution in [0.1, 0.15) is 4.88 Å². The maximum absolute atomic E-state index is 13.4. The van der Waals surface area contributed by atoms with E-state index in [0.717, 1.165) is 17.0 Å². The second-order valence-electron chi connectivity index (χ2n) is 4.01. The number of nitrogens with one attached hydrogen (secondary N) is 3. The van der Waals surface area contributed by atoms with E-state index in [1.54, 1.807) is 0 Å². The number of halogens is 2. The summed E-state index contributed by atoms with van der Waals surface area (Å²) in [4.78, 5) is 12.5. The Kier molecular flexibility index (Phi) is 5.18. The lowest BCUT2D eigenvalue weighted by Gasteiger charge is -2.11. The Hall–Kier alpha value is -2.06. The van der Waals surface area contributed by atoms with E-state index in [1.807, 2.05) is 17.5 Å². The van der Waals surface area contributed by atoms with Gasteiger partial charge in [-0.2, -0.15) is 0 Å². The molecule has 0 spiro atoms. The van der Waals surface area contributed by atoms with Crippen LogP contribution in [0.3, 0.4) is 0 Å². The smallest absolute Gasteiger partial charge is 0.243 e. The van der Waals surface area contributed by atoms with Crippen LogP contribution in [0.5, 0.6) is 0 Å². The van der Waals surface area contributed by atoms with Crippen LogP contribution >= 0.6 is 23.6 Å². The third-order valence-electron chi connectivity index (χ3n) is 2.41. The van der Waals surface area contributed by atoms with Crippen LogP contribution in [0.4, 0.5) is 14.5 Å². The molecule has 0 saturated carbocycles. The Bertz CT molecular complexity index is 647. The van der Waals surface area contributed by atoms with Gasteiger partial charge in [0, 0.05) is 10.9 Å². The fourth-order valence-corrected chi connectivity index (χ4v) is 2.35. The molecule has 21 heavy (non-hydrogen) atoms. The fraction of sp³-hybridized carbons (Fsp3) is 0.0769. The first kappa shape index (κ1) is 15.3. The van der Waals surface area contributed by atoms with E-state index in [0.29, 0.717) is 0 Å². The number of benzene rings is 1. The van der Waals surface area contributed by atoms with Crippen molar-refractivity contribution in [1.29, 1.82) is 0 Å². The molecule has 0 aliphatic carbocycles. The second kappa shape index (κ2) is 7.09. The number of thiocarbonyl (C=S) groups is 1. The van der Waals surface area contributed by atoms with Crippen molar-refractivity contribution in [2.45, 2.75) is 6.42 Å². The zero-order chi connectivity index (χ0) is 15.2. The molecule has 1 aromatic carbocycles. The van der Waals surface area contributed by atoms with Gasteiger partial charge in [-0.1, -0.05) is 6.07 Å². The zero-order valence-corrected chi connectivity index (χ0v) is 12.3. The predicted octanol–water partition coefficient (Wildman–Crippen LogP) is 2.59. The number of rotatable bonds is 3. The normalized spacial score (nSPS) is 10.0. The zero-order valence-electron chi connectivity index (χ0n) is 10.7. The SMILES string of the molecule is O=C(Cc1cccs1)NNC(=S)Nc1ccc(F)cc1F. The number of hydrogen-bond donors (Lipinski definition) is 3. The number of thiophene rings is 1. The summed E-state index contributed by atoms with van der Waals surface area (Å²) in [7, 11) is 0. The maximum atomic E-state index is 13.4. The van der Waals surface area contributed by atoms with Crippen molar-refractivity contribution in [3.05, 3.63) is 52.2 Å². The molecule has 3 N–H and O–H groups in total. The Balaban J connectivity index is 1.80. The van der Waals surface area contributed by atoms with Gasteiger partial charge in [0.2, 0.25) is 5.91 Å². The van der Waals surface area contributed by atoms with Crippen LogP contribution in [-0.2, 0) is 11.2 Å². The highest BCUT2D eigenvalue weighted by molar-refractivity contribution is 7.80. The minimum Gasteiger partial charge on any atom is -0.329 e. The van der Waals surface area contributed by atoms with E-state index in [4.69, 9.17) is 12.2 Å². The lowest BCUT2D eigenvalue weighted by Crippen LogP contribution is -2.44. The molecule has 8 heteroatoms. The van der Waals surface area contributed by atoms with Crippen LogP contribution in [0.25, 0.3) is 0 Å². The van der Waals surface area contributed by atoms with Crippen molar-refractivity contribution in [3.63, 3.8) is 0 Å². The van der Waals surface area contributed by atoms with Gasteiger partial charge in [0.05, 0.1) is 12.1 Å². The summed E-state index contributed by atoms with van der Waals surface area (Å²) in [6.45, 7) is 0. The minimum absolute atomic E-state index is 0.0000350. The Morgan fingerprint density at radius 2 is 2.05 bits per heavy atom. The minimum atomic E-state index is -0.774. The molecule has 1 aromatic heterocycles. The van der Waals surface area contributed by atoms with E-state index in [-0.39, 0.29) is 23.1 Å².